The van der Waals surface area contributed by atoms with E-state index in [1.54, 1.807) is 0 Å². The average Bonchev–Trinajstić information content (AvgIpc) is 2.41. The van der Waals surface area contributed by atoms with Crippen molar-refractivity contribution in [2.75, 3.05) is 11.1 Å². The van der Waals surface area contributed by atoms with Crippen LogP contribution in [0.2, 0.25) is 0 Å². The van der Waals surface area contributed by atoms with Gasteiger partial charge in [-0.3, -0.25) is 4.79 Å². The molecule has 0 aliphatic carbocycles. The fourth-order valence-electron chi connectivity index (χ4n) is 1.41. The summed E-state index contributed by atoms with van der Waals surface area (Å²) in [5.41, 5.74) is 0.600. The number of carbonyl (C=O) groups excluding carboxylic acids is 1. The predicted octanol–water partition coefficient (Wildman–Crippen LogP) is 4.32. The molecule has 2 aromatic rings. The van der Waals surface area contributed by atoms with Gasteiger partial charge in [0.05, 0.1) is 5.75 Å². The van der Waals surface area contributed by atoms with Gasteiger partial charge in [-0.15, -0.1) is 11.8 Å². The zero-order chi connectivity index (χ0) is 13.7. The van der Waals surface area contributed by atoms with Gasteiger partial charge in [0.1, 0.15) is 5.82 Å². The lowest BCUT2D eigenvalue weighted by Crippen LogP contribution is -2.13. The average molecular weight is 340 g/mol. The van der Waals surface area contributed by atoms with Crippen LogP contribution in [0.25, 0.3) is 0 Å². The van der Waals surface area contributed by atoms with E-state index in [1.807, 2.05) is 24.3 Å². The van der Waals surface area contributed by atoms with Crippen LogP contribution in [0.4, 0.5) is 10.1 Å². The lowest BCUT2D eigenvalue weighted by atomic mass is 10.3. The van der Waals surface area contributed by atoms with Crippen molar-refractivity contribution in [2.45, 2.75) is 4.90 Å². The van der Waals surface area contributed by atoms with E-state index in [-0.39, 0.29) is 11.7 Å². The predicted molar refractivity (Wildman–Crippen MR) is 79.9 cm³/mol. The van der Waals surface area contributed by atoms with Crippen LogP contribution in [0.3, 0.4) is 0 Å². The number of thioether (sulfide) groups is 1. The standard InChI is InChI=1S/C14H11BrFNOS/c15-10-1-7-13(8-2-10)19-9-14(18)17-12-5-3-11(16)4-6-12/h1-8H,9H2,(H,17,18). The van der Waals surface area contributed by atoms with Crippen LogP contribution in [0.15, 0.2) is 57.9 Å². The number of rotatable bonds is 4. The molecule has 98 valence electrons. The Morgan fingerprint density at radius 3 is 2.37 bits per heavy atom. The second kappa shape index (κ2) is 6.73. The lowest BCUT2D eigenvalue weighted by Gasteiger charge is -2.05. The highest BCUT2D eigenvalue weighted by atomic mass is 79.9. The summed E-state index contributed by atoms with van der Waals surface area (Å²) < 4.78 is 13.7. The maximum absolute atomic E-state index is 12.7. The molecule has 0 saturated carbocycles. The number of nitrogens with one attached hydrogen (secondary N) is 1. The summed E-state index contributed by atoms with van der Waals surface area (Å²) in [6.45, 7) is 0. The quantitative estimate of drug-likeness (QED) is 0.840. The van der Waals surface area contributed by atoms with E-state index < -0.39 is 0 Å². The van der Waals surface area contributed by atoms with Crippen molar-refractivity contribution in [1.29, 1.82) is 0 Å². The Morgan fingerprint density at radius 1 is 1.11 bits per heavy atom. The van der Waals surface area contributed by atoms with E-state index in [0.717, 1.165) is 9.37 Å². The van der Waals surface area contributed by atoms with Gasteiger partial charge in [0.2, 0.25) is 5.91 Å². The first-order chi connectivity index (χ1) is 9.13. The van der Waals surface area contributed by atoms with E-state index in [9.17, 15) is 9.18 Å². The minimum Gasteiger partial charge on any atom is -0.325 e. The molecular formula is C14H11BrFNOS. The summed E-state index contributed by atoms with van der Waals surface area (Å²) in [5.74, 6) is -0.110. The number of hydrogen-bond acceptors (Lipinski definition) is 2. The first kappa shape index (κ1) is 14.1. The highest BCUT2D eigenvalue weighted by molar-refractivity contribution is 9.10. The minimum atomic E-state index is -0.317. The van der Waals surface area contributed by atoms with Crippen LogP contribution in [0.1, 0.15) is 0 Å². The van der Waals surface area contributed by atoms with Gasteiger partial charge < -0.3 is 5.32 Å². The van der Waals surface area contributed by atoms with Crippen LogP contribution in [0, 0.1) is 5.82 Å². The Kier molecular flexibility index (Phi) is 4.99. The largest absolute Gasteiger partial charge is 0.325 e. The van der Waals surface area contributed by atoms with Gasteiger partial charge in [0, 0.05) is 15.1 Å². The van der Waals surface area contributed by atoms with Crippen molar-refractivity contribution in [1.82, 2.24) is 0 Å². The number of hydrogen-bond donors (Lipinski definition) is 1. The molecule has 0 unspecified atom stereocenters. The molecule has 0 fully saturated rings. The van der Waals surface area contributed by atoms with E-state index in [0.29, 0.717) is 11.4 Å². The number of halogens is 2. The molecule has 0 bridgehead atoms. The number of anilines is 1. The van der Waals surface area contributed by atoms with Crippen LogP contribution in [0.5, 0.6) is 0 Å². The van der Waals surface area contributed by atoms with E-state index in [4.69, 9.17) is 0 Å². The van der Waals surface area contributed by atoms with Gasteiger partial charge in [-0.1, -0.05) is 15.9 Å². The number of benzene rings is 2. The molecule has 0 aliphatic rings. The van der Waals surface area contributed by atoms with Crippen LogP contribution in [-0.2, 0) is 4.79 Å². The van der Waals surface area contributed by atoms with Gasteiger partial charge >= 0.3 is 0 Å². The van der Waals surface area contributed by atoms with Gasteiger partial charge in [-0.05, 0) is 48.5 Å². The third-order valence-electron chi connectivity index (χ3n) is 2.31. The Bertz CT molecular complexity index is 557. The van der Waals surface area contributed by atoms with Crippen molar-refractivity contribution in [2.24, 2.45) is 0 Å². The SMILES string of the molecule is O=C(CSc1ccc(Br)cc1)Nc1ccc(F)cc1. The molecule has 0 radical (unpaired) electrons. The molecule has 0 spiro atoms. The Morgan fingerprint density at radius 2 is 1.74 bits per heavy atom. The third kappa shape index (κ3) is 4.69. The highest BCUT2D eigenvalue weighted by Gasteiger charge is 2.04. The fourth-order valence-corrected chi connectivity index (χ4v) is 2.37. The molecule has 0 aromatic heterocycles. The van der Waals surface area contributed by atoms with E-state index in [1.165, 1.54) is 36.0 Å². The van der Waals surface area contributed by atoms with Crippen molar-refractivity contribution >= 4 is 39.3 Å². The van der Waals surface area contributed by atoms with Gasteiger partial charge in [0.15, 0.2) is 0 Å². The topological polar surface area (TPSA) is 29.1 Å². The molecular weight excluding hydrogens is 329 g/mol. The highest BCUT2D eigenvalue weighted by Crippen LogP contribution is 2.20. The van der Waals surface area contributed by atoms with Crippen LogP contribution >= 0.6 is 27.7 Å². The van der Waals surface area contributed by atoms with Crippen LogP contribution in [-0.4, -0.2) is 11.7 Å². The molecule has 5 heteroatoms. The van der Waals surface area contributed by atoms with Gasteiger partial charge in [-0.25, -0.2) is 4.39 Å². The molecule has 2 nitrogen and oxygen atoms in total. The summed E-state index contributed by atoms with van der Waals surface area (Å²) in [6, 6.07) is 13.5. The van der Waals surface area contributed by atoms with E-state index >= 15 is 0 Å². The molecule has 19 heavy (non-hydrogen) atoms. The smallest absolute Gasteiger partial charge is 0.234 e. The lowest BCUT2D eigenvalue weighted by molar-refractivity contribution is -0.113. The summed E-state index contributed by atoms with van der Waals surface area (Å²) in [7, 11) is 0. The maximum Gasteiger partial charge on any atom is 0.234 e. The molecule has 1 N–H and O–H groups in total. The summed E-state index contributed by atoms with van der Waals surface area (Å²) >= 11 is 4.81. The fraction of sp³-hybridized carbons (Fsp3) is 0.0714. The molecule has 0 heterocycles. The molecule has 0 atom stereocenters. The summed E-state index contributed by atoms with van der Waals surface area (Å²) in [4.78, 5) is 12.7. The third-order valence-corrected chi connectivity index (χ3v) is 3.85. The van der Waals surface area contributed by atoms with Crippen molar-refractivity contribution < 1.29 is 9.18 Å². The monoisotopic (exact) mass is 339 g/mol. The zero-order valence-corrected chi connectivity index (χ0v) is 12.3. The van der Waals surface area contributed by atoms with E-state index in [2.05, 4.69) is 21.2 Å². The maximum atomic E-state index is 12.7. The molecule has 2 aromatic carbocycles. The van der Waals surface area contributed by atoms with Crippen LogP contribution < -0.4 is 5.32 Å². The minimum absolute atomic E-state index is 0.112. The Balaban J connectivity index is 1.84. The number of amides is 1. The number of carbonyl (C=O) groups is 1. The summed E-state index contributed by atoms with van der Waals surface area (Å²) in [6.07, 6.45) is 0. The van der Waals surface area contributed by atoms with Gasteiger partial charge in [-0.2, -0.15) is 0 Å². The molecule has 1 amide bonds. The van der Waals surface area contributed by atoms with Crippen molar-refractivity contribution in [3.05, 3.63) is 58.8 Å². The second-order valence-electron chi connectivity index (χ2n) is 3.80. The molecule has 2 rings (SSSR count). The first-order valence-electron chi connectivity index (χ1n) is 5.57. The summed E-state index contributed by atoms with van der Waals surface area (Å²) in [5, 5.41) is 2.72. The van der Waals surface area contributed by atoms with Gasteiger partial charge in [0.25, 0.3) is 0 Å². The van der Waals surface area contributed by atoms with Crippen molar-refractivity contribution in [3.8, 4) is 0 Å². The molecule has 0 saturated heterocycles. The van der Waals surface area contributed by atoms with Crippen molar-refractivity contribution in [3.63, 3.8) is 0 Å². The first-order valence-corrected chi connectivity index (χ1v) is 7.35. The zero-order valence-electron chi connectivity index (χ0n) is 9.90. The Labute approximate surface area is 123 Å². The molecule has 0 aliphatic heterocycles. The normalized spacial score (nSPS) is 10.2. The second-order valence-corrected chi connectivity index (χ2v) is 5.76. The Hall–Kier alpha value is -1.33.